The van der Waals surface area contributed by atoms with Crippen molar-refractivity contribution in [2.24, 2.45) is 0 Å². The summed E-state index contributed by atoms with van der Waals surface area (Å²) in [6, 6.07) is 87.3. The van der Waals surface area contributed by atoms with Gasteiger partial charge in [-0.2, -0.15) is 0 Å². The third kappa shape index (κ3) is 5.53. The molecule has 0 bridgehead atoms. The SMILES string of the molecule is c1ccc(C2(c3ccccc3)c3ccccc3-c3ccc(N(c4ccc(-c5cccc6ccccc56)cc4)c4ccccc4-c4cccc5c4sc4ccccc45)cc32)cc1. The zero-order valence-corrected chi connectivity index (χ0v) is 34.2. The molecule has 1 nitrogen and oxygen atoms in total. The zero-order chi connectivity index (χ0) is 40.3. The molecule has 10 aromatic carbocycles. The summed E-state index contributed by atoms with van der Waals surface area (Å²) in [5.41, 5.74) is 15.3. The molecule has 61 heavy (non-hydrogen) atoms. The molecule has 1 aliphatic carbocycles. The fourth-order valence-corrected chi connectivity index (χ4v) is 11.4. The molecule has 1 aliphatic rings. The highest BCUT2D eigenvalue weighted by Crippen LogP contribution is 2.57. The molecular formula is C59H39NS. The van der Waals surface area contributed by atoms with E-state index >= 15 is 0 Å². The van der Waals surface area contributed by atoms with E-state index in [2.05, 4.69) is 241 Å². The van der Waals surface area contributed by atoms with Gasteiger partial charge in [-0.05, 0) is 91.7 Å². The van der Waals surface area contributed by atoms with E-state index in [-0.39, 0.29) is 0 Å². The Hall–Kier alpha value is -7.52. The lowest BCUT2D eigenvalue weighted by molar-refractivity contribution is 0.768. The molecular weight excluding hydrogens is 755 g/mol. The van der Waals surface area contributed by atoms with Crippen LogP contribution in [0.25, 0.3) is 64.3 Å². The van der Waals surface area contributed by atoms with Crippen LogP contribution in [0.15, 0.2) is 237 Å². The Kier molecular flexibility index (Phi) is 8.33. The highest BCUT2D eigenvalue weighted by Gasteiger charge is 2.46. The maximum absolute atomic E-state index is 2.48. The minimum absolute atomic E-state index is 0.517. The summed E-state index contributed by atoms with van der Waals surface area (Å²) in [5.74, 6) is 0. The molecule has 286 valence electrons. The lowest BCUT2D eigenvalue weighted by atomic mass is 9.67. The molecule has 0 amide bonds. The predicted octanol–water partition coefficient (Wildman–Crippen LogP) is 16.4. The minimum atomic E-state index is -0.517. The summed E-state index contributed by atoms with van der Waals surface area (Å²) in [6.45, 7) is 0. The number of fused-ring (bicyclic) bond motifs is 7. The van der Waals surface area contributed by atoms with Gasteiger partial charge in [0, 0.05) is 42.7 Å². The topological polar surface area (TPSA) is 3.24 Å². The number of hydrogen-bond donors (Lipinski definition) is 0. The molecule has 1 aromatic heterocycles. The van der Waals surface area contributed by atoms with Gasteiger partial charge in [0.15, 0.2) is 0 Å². The number of anilines is 3. The molecule has 0 spiro atoms. The number of thiophene rings is 1. The van der Waals surface area contributed by atoms with Gasteiger partial charge >= 0.3 is 0 Å². The summed E-state index contributed by atoms with van der Waals surface area (Å²) >= 11 is 1.88. The van der Waals surface area contributed by atoms with E-state index in [1.807, 2.05) is 11.3 Å². The largest absolute Gasteiger partial charge is 0.310 e. The summed E-state index contributed by atoms with van der Waals surface area (Å²) < 4.78 is 2.61. The van der Waals surface area contributed by atoms with Crippen LogP contribution in [-0.2, 0) is 5.41 Å². The number of nitrogens with zero attached hydrogens (tertiary/aromatic N) is 1. The number of hydrogen-bond acceptors (Lipinski definition) is 2. The highest BCUT2D eigenvalue weighted by molar-refractivity contribution is 7.26. The predicted molar refractivity (Wildman–Crippen MR) is 260 cm³/mol. The molecule has 12 rings (SSSR count). The second-order valence-corrected chi connectivity index (χ2v) is 17.0. The van der Waals surface area contributed by atoms with Crippen LogP contribution in [0.4, 0.5) is 17.1 Å². The van der Waals surface area contributed by atoms with Crippen LogP contribution in [0.1, 0.15) is 22.3 Å². The van der Waals surface area contributed by atoms with E-state index < -0.39 is 5.41 Å². The van der Waals surface area contributed by atoms with Crippen molar-refractivity contribution in [1.29, 1.82) is 0 Å². The van der Waals surface area contributed by atoms with Crippen LogP contribution in [0, 0.1) is 0 Å². The van der Waals surface area contributed by atoms with E-state index in [9.17, 15) is 0 Å². The second kappa shape index (κ2) is 14.3. The summed E-state index contributed by atoms with van der Waals surface area (Å²) in [5, 5.41) is 5.10. The summed E-state index contributed by atoms with van der Waals surface area (Å²) in [7, 11) is 0. The van der Waals surface area contributed by atoms with E-state index in [1.54, 1.807) is 0 Å². The van der Waals surface area contributed by atoms with Gasteiger partial charge in [0.25, 0.3) is 0 Å². The van der Waals surface area contributed by atoms with Crippen LogP contribution in [0.5, 0.6) is 0 Å². The first-order chi connectivity index (χ1) is 30.3. The van der Waals surface area contributed by atoms with Gasteiger partial charge < -0.3 is 4.90 Å². The summed E-state index contributed by atoms with van der Waals surface area (Å²) in [6.07, 6.45) is 0. The lowest BCUT2D eigenvalue weighted by Gasteiger charge is -2.35. The van der Waals surface area contributed by atoms with Crippen LogP contribution in [0.2, 0.25) is 0 Å². The third-order valence-electron chi connectivity index (χ3n) is 12.8. The average Bonchev–Trinajstić information content (AvgIpc) is 3.86. The average molecular weight is 794 g/mol. The fourth-order valence-electron chi connectivity index (χ4n) is 10.1. The van der Waals surface area contributed by atoms with Crippen LogP contribution >= 0.6 is 11.3 Å². The van der Waals surface area contributed by atoms with Gasteiger partial charge in [0.2, 0.25) is 0 Å². The lowest BCUT2D eigenvalue weighted by Crippen LogP contribution is -2.28. The molecule has 0 saturated carbocycles. The Morgan fingerprint density at radius 1 is 0.344 bits per heavy atom. The van der Waals surface area contributed by atoms with Crippen molar-refractivity contribution in [2.75, 3.05) is 4.90 Å². The molecule has 0 N–H and O–H groups in total. The first-order valence-corrected chi connectivity index (χ1v) is 21.8. The van der Waals surface area contributed by atoms with Crippen molar-refractivity contribution in [1.82, 2.24) is 0 Å². The van der Waals surface area contributed by atoms with Crippen molar-refractivity contribution >= 4 is 59.3 Å². The number of rotatable bonds is 7. The van der Waals surface area contributed by atoms with Gasteiger partial charge in [-0.3, -0.25) is 0 Å². The van der Waals surface area contributed by atoms with Crippen molar-refractivity contribution in [3.8, 4) is 33.4 Å². The van der Waals surface area contributed by atoms with Gasteiger partial charge in [-0.15, -0.1) is 11.3 Å². The normalized spacial score (nSPS) is 12.7. The van der Waals surface area contributed by atoms with E-state index in [0.29, 0.717) is 0 Å². The summed E-state index contributed by atoms with van der Waals surface area (Å²) in [4.78, 5) is 2.48. The van der Waals surface area contributed by atoms with Crippen LogP contribution < -0.4 is 4.90 Å². The van der Waals surface area contributed by atoms with Crippen LogP contribution in [-0.4, -0.2) is 0 Å². The molecule has 2 heteroatoms. The molecule has 0 saturated heterocycles. The Morgan fingerprint density at radius 2 is 0.902 bits per heavy atom. The molecule has 1 heterocycles. The molecule has 0 fully saturated rings. The number of benzene rings is 10. The highest BCUT2D eigenvalue weighted by atomic mass is 32.1. The minimum Gasteiger partial charge on any atom is -0.310 e. The first kappa shape index (κ1) is 35.4. The van der Waals surface area contributed by atoms with E-state index in [0.717, 1.165) is 17.1 Å². The van der Waals surface area contributed by atoms with Gasteiger partial charge in [0.1, 0.15) is 0 Å². The maximum atomic E-state index is 2.48. The molecule has 0 radical (unpaired) electrons. The maximum Gasteiger partial charge on any atom is 0.0714 e. The van der Waals surface area contributed by atoms with E-state index in [1.165, 1.54) is 86.6 Å². The molecule has 0 unspecified atom stereocenters. The van der Waals surface area contributed by atoms with Crippen molar-refractivity contribution in [3.05, 3.63) is 259 Å². The second-order valence-electron chi connectivity index (χ2n) is 16.0. The Balaban J connectivity index is 1.11. The molecule has 0 atom stereocenters. The van der Waals surface area contributed by atoms with Crippen molar-refractivity contribution < 1.29 is 0 Å². The molecule has 0 aliphatic heterocycles. The van der Waals surface area contributed by atoms with Gasteiger partial charge in [0.05, 0.1) is 11.1 Å². The Labute approximate surface area is 360 Å². The van der Waals surface area contributed by atoms with Gasteiger partial charge in [-0.25, -0.2) is 0 Å². The first-order valence-electron chi connectivity index (χ1n) is 21.0. The Morgan fingerprint density at radius 3 is 1.70 bits per heavy atom. The monoisotopic (exact) mass is 793 g/mol. The van der Waals surface area contributed by atoms with Gasteiger partial charge in [-0.1, -0.05) is 200 Å². The molecule has 11 aromatic rings. The van der Waals surface area contributed by atoms with Crippen molar-refractivity contribution in [2.45, 2.75) is 5.41 Å². The van der Waals surface area contributed by atoms with Crippen LogP contribution in [0.3, 0.4) is 0 Å². The fraction of sp³-hybridized carbons (Fsp3) is 0.0169. The smallest absolute Gasteiger partial charge is 0.0714 e. The van der Waals surface area contributed by atoms with Crippen molar-refractivity contribution in [3.63, 3.8) is 0 Å². The Bertz CT molecular complexity index is 3370. The number of para-hydroxylation sites is 1. The van der Waals surface area contributed by atoms with E-state index in [4.69, 9.17) is 0 Å². The quantitative estimate of drug-likeness (QED) is 0.155. The zero-order valence-electron chi connectivity index (χ0n) is 33.4. The third-order valence-corrected chi connectivity index (χ3v) is 14.0. The standard InChI is InChI=1S/C59H39NS/c1-3-19-42(20-4-1)59(43-21-5-2-6-22-43)54-30-12-9-24-48(54)49-38-37-45(39-55(49)59)60(44-35-33-41(34-36-44)47-27-15-18-40-17-7-8-23-46(40)47)56-31-13-10-25-50(56)52-28-16-29-53-51-26-11-14-32-57(51)61-58(52)53/h1-39H.